The summed E-state index contributed by atoms with van der Waals surface area (Å²) in [7, 11) is 0. The van der Waals surface area contributed by atoms with E-state index in [1.165, 1.54) is 49.0 Å². The molecule has 13 rings (SSSR count). The molecular formula is C59H37N5. The second-order valence-corrected chi connectivity index (χ2v) is 16.4. The lowest BCUT2D eigenvalue weighted by Crippen LogP contribution is -2.02. The molecule has 10 aromatic carbocycles. The van der Waals surface area contributed by atoms with Crippen molar-refractivity contribution in [2.24, 2.45) is 0 Å². The van der Waals surface area contributed by atoms with Gasteiger partial charge in [-0.2, -0.15) is 0 Å². The van der Waals surface area contributed by atoms with E-state index in [9.17, 15) is 0 Å². The number of hydrogen-bond acceptors (Lipinski definition) is 3. The highest BCUT2D eigenvalue weighted by Gasteiger charge is 2.21. The summed E-state index contributed by atoms with van der Waals surface area (Å²) < 4.78 is 4.87. The first-order valence-electron chi connectivity index (χ1n) is 21.7. The standard InChI is InChI=1S/C59H37N5/c1-3-18-38(19-4-1)41-23-7-8-27-47(41)58-60-57(39-20-5-2-6-21-39)61-59(62-58)48-30-16-29-43-42(48)28-17-35-54(43)64-53-33-14-11-26-46(53)50-37-49-40(36-56(50)64)22-15-34-55(49)63-51-31-12-9-24-44(51)45-25-10-13-32-52(45)63/h1-37H. The van der Waals surface area contributed by atoms with Crippen LogP contribution in [-0.2, 0) is 0 Å². The summed E-state index contributed by atoms with van der Waals surface area (Å²) in [6.45, 7) is 0. The van der Waals surface area contributed by atoms with Crippen molar-refractivity contribution in [2.75, 3.05) is 0 Å². The lowest BCUT2D eigenvalue weighted by atomic mass is 9.99. The van der Waals surface area contributed by atoms with Gasteiger partial charge in [0, 0.05) is 49.0 Å². The molecular weight excluding hydrogens is 779 g/mol. The van der Waals surface area contributed by atoms with Gasteiger partial charge in [-0.05, 0) is 64.4 Å². The molecule has 0 saturated heterocycles. The fraction of sp³-hybridized carbons (Fsp3) is 0. The smallest absolute Gasteiger partial charge is 0.164 e. The SMILES string of the molecule is c1ccc(-c2nc(-c3ccccc3-c3ccccc3)nc(-c3cccc4c(-n5c6ccccc6c6cc7c(-n8c9ccccc9c9ccccc98)cccc7cc65)cccc34)n2)cc1. The van der Waals surface area contributed by atoms with Gasteiger partial charge in [0.25, 0.3) is 0 Å². The van der Waals surface area contributed by atoms with Crippen LogP contribution >= 0.6 is 0 Å². The minimum absolute atomic E-state index is 0.625. The Kier molecular flexibility index (Phi) is 8.15. The molecule has 0 unspecified atom stereocenters. The van der Waals surface area contributed by atoms with Crippen molar-refractivity contribution >= 4 is 65.2 Å². The molecule has 5 heteroatoms. The van der Waals surface area contributed by atoms with E-state index in [4.69, 9.17) is 15.0 Å². The maximum absolute atomic E-state index is 5.30. The molecule has 0 bridgehead atoms. The Morgan fingerprint density at radius 1 is 0.250 bits per heavy atom. The van der Waals surface area contributed by atoms with Crippen LogP contribution in [0.3, 0.4) is 0 Å². The van der Waals surface area contributed by atoms with Crippen LogP contribution in [0.5, 0.6) is 0 Å². The van der Waals surface area contributed by atoms with Crippen molar-refractivity contribution in [2.45, 2.75) is 0 Å². The van der Waals surface area contributed by atoms with Crippen molar-refractivity contribution in [3.8, 4) is 56.7 Å². The molecule has 0 radical (unpaired) electrons. The Morgan fingerprint density at radius 3 is 1.39 bits per heavy atom. The van der Waals surface area contributed by atoms with E-state index in [-0.39, 0.29) is 0 Å². The maximum Gasteiger partial charge on any atom is 0.164 e. The second kappa shape index (κ2) is 14.5. The third kappa shape index (κ3) is 5.61. The molecule has 64 heavy (non-hydrogen) atoms. The molecule has 0 spiro atoms. The number of aromatic nitrogens is 5. The van der Waals surface area contributed by atoms with Gasteiger partial charge >= 0.3 is 0 Å². The molecule has 298 valence electrons. The van der Waals surface area contributed by atoms with Gasteiger partial charge in [-0.25, -0.2) is 15.0 Å². The quantitative estimate of drug-likeness (QED) is 0.168. The van der Waals surface area contributed by atoms with E-state index < -0.39 is 0 Å². The predicted molar refractivity (Wildman–Crippen MR) is 265 cm³/mol. The topological polar surface area (TPSA) is 48.5 Å². The van der Waals surface area contributed by atoms with Crippen molar-refractivity contribution < 1.29 is 0 Å². The summed E-state index contributed by atoms with van der Waals surface area (Å²) in [6.07, 6.45) is 0. The van der Waals surface area contributed by atoms with Crippen LogP contribution in [-0.4, -0.2) is 24.1 Å². The Hall–Kier alpha value is -8.67. The van der Waals surface area contributed by atoms with Gasteiger partial charge in [-0.1, -0.05) is 182 Å². The summed E-state index contributed by atoms with van der Waals surface area (Å²) >= 11 is 0. The molecule has 0 aliphatic carbocycles. The van der Waals surface area contributed by atoms with Crippen LogP contribution in [0.4, 0.5) is 0 Å². The second-order valence-electron chi connectivity index (χ2n) is 16.4. The van der Waals surface area contributed by atoms with E-state index in [0.717, 1.165) is 55.3 Å². The average Bonchev–Trinajstić information content (AvgIpc) is 3.87. The van der Waals surface area contributed by atoms with Crippen molar-refractivity contribution in [3.63, 3.8) is 0 Å². The zero-order valence-corrected chi connectivity index (χ0v) is 34.6. The van der Waals surface area contributed by atoms with E-state index in [0.29, 0.717) is 17.5 Å². The first kappa shape index (κ1) is 36.0. The van der Waals surface area contributed by atoms with Gasteiger partial charge < -0.3 is 9.13 Å². The molecule has 0 aliphatic rings. The predicted octanol–water partition coefficient (Wildman–Crippen LogP) is 15.0. The highest BCUT2D eigenvalue weighted by atomic mass is 15.0. The Morgan fingerprint density at radius 2 is 0.703 bits per heavy atom. The largest absolute Gasteiger partial charge is 0.309 e. The zero-order chi connectivity index (χ0) is 42.1. The van der Waals surface area contributed by atoms with Gasteiger partial charge in [-0.15, -0.1) is 0 Å². The van der Waals surface area contributed by atoms with Gasteiger partial charge in [0.15, 0.2) is 17.5 Å². The lowest BCUT2D eigenvalue weighted by molar-refractivity contribution is 1.08. The van der Waals surface area contributed by atoms with Crippen LogP contribution < -0.4 is 0 Å². The molecule has 5 nitrogen and oxygen atoms in total. The molecule has 0 amide bonds. The number of para-hydroxylation sites is 3. The highest BCUT2D eigenvalue weighted by Crippen LogP contribution is 2.41. The average molecular weight is 816 g/mol. The third-order valence-corrected chi connectivity index (χ3v) is 12.8. The van der Waals surface area contributed by atoms with Crippen molar-refractivity contribution in [1.82, 2.24) is 24.1 Å². The van der Waals surface area contributed by atoms with Crippen molar-refractivity contribution in [1.29, 1.82) is 0 Å². The number of nitrogens with zero attached hydrogens (tertiary/aromatic N) is 5. The third-order valence-electron chi connectivity index (χ3n) is 12.8. The molecule has 0 aliphatic heterocycles. The normalized spacial score (nSPS) is 11.8. The summed E-state index contributed by atoms with van der Waals surface area (Å²) in [6, 6.07) is 79.8. The molecule has 13 aromatic rings. The molecule has 3 aromatic heterocycles. The highest BCUT2D eigenvalue weighted by molar-refractivity contribution is 6.17. The lowest BCUT2D eigenvalue weighted by Gasteiger charge is -2.15. The first-order valence-corrected chi connectivity index (χ1v) is 21.7. The Balaban J connectivity index is 1.03. The molecule has 0 fully saturated rings. The van der Waals surface area contributed by atoms with Gasteiger partial charge in [0.2, 0.25) is 0 Å². The van der Waals surface area contributed by atoms with Gasteiger partial charge in [0.1, 0.15) is 0 Å². The van der Waals surface area contributed by atoms with Crippen LogP contribution in [0, 0.1) is 0 Å². The number of fused-ring (bicyclic) bond motifs is 8. The van der Waals surface area contributed by atoms with Gasteiger partial charge in [0.05, 0.1) is 33.4 Å². The van der Waals surface area contributed by atoms with Crippen LogP contribution in [0.15, 0.2) is 224 Å². The van der Waals surface area contributed by atoms with Crippen LogP contribution in [0.2, 0.25) is 0 Å². The minimum Gasteiger partial charge on any atom is -0.309 e. The van der Waals surface area contributed by atoms with Crippen LogP contribution in [0.25, 0.3) is 122 Å². The summed E-state index contributed by atoms with van der Waals surface area (Å²) in [5.74, 6) is 1.89. The number of benzene rings is 10. The van der Waals surface area contributed by atoms with E-state index in [1.807, 2.05) is 24.3 Å². The fourth-order valence-corrected chi connectivity index (χ4v) is 9.92. The molecule has 0 atom stereocenters. The number of hydrogen-bond donors (Lipinski definition) is 0. The maximum atomic E-state index is 5.30. The summed E-state index contributed by atoms with van der Waals surface area (Å²) in [4.78, 5) is 15.7. The van der Waals surface area contributed by atoms with E-state index in [1.54, 1.807) is 0 Å². The Labute approximate surface area is 368 Å². The first-order chi connectivity index (χ1) is 31.8. The Bertz CT molecular complexity index is 3900. The van der Waals surface area contributed by atoms with E-state index in [2.05, 4.69) is 209 Å². The molecule has 3 heterocycles. The number of rotatable bonds is 6. The van der Waals surface area contributed by atoms with Crippen molar-refractivity contribution in [3.05, 3.63) is 224 Å². The minimum atomic E-state index is 0.625. The zero-order valence-electron chi connectivity index (χ0n) is 34.6. The summed E-state index contributed by atoms with van der Waals surface area (Å²) in [5, 5.41) is 9.47. The van der Waals surface area contributed by atoms with Crippen LogP contribution in [0.1, 0.15) is 0 Å². The monoisotopic (exact) mass is 815 g/mol. The summed E-state index contributed by atoms with van der Waals surface area (Å²) in [5.41, 5.74) is 12.0. The molecule has 0 N–H and O–H groups in total. The molecule has 0 saturated carbocycles. The fourth-order valence-electron chi connectivity index (χ4n) is 9.92. The van der Waals surface area contributed by atoms with E-state index >= 15 is 0 Å². The van der Waals surface area contributed by atoms with Gasteiger partial charge in [-0.3, -0.25) is 0 Å².